The Morgan fingerprint density at radius 3 is 1.75 bits per heavy atom. The largest absolute Gasteiger partial charge is 0.483 e. The fourth-order valence-electron chi connectivity index (χ4n) is 0. The maximum absolute atomic E-state index is 8.36. The summed E-state index contributed by atoms with van der Waals surface area (Å²) in [5.74, 6) is 0. The van der Waals surface area contributed by atoms with Gasteiger partial charge in [-0.25, -0.2) is 0 Å². The van der Waals surface area contributed by atoms with Crippen LogP contribution in [0.2, 0.25) is 0 Å². The van der Waals surface area contributed by atoms with Crippen molar-refractivity contribution < 1.29 is 50.7 Å². The molecule has 0 unspecified atom stereocenters. The Labute approximate surface area is 56.7 Å². The molecule has 0 heterocycles. The maximum atomic E-state index is 8.36. The number of hydrogen-bond acceptors (Lipinski definition) is 1. The van der Waals surface area contributed by atoms with E-state index >= 15 is 0 Å². The third-order valence-corrected chi connectivity index (χ3v) is 0. The van der Waals surface area contributed by atoms with Crippen molar-refractivity contribution in [2.24, 2.45) is 0 Å². The van der Waals surface area contributed by atoms with E-state index < -0.39 is 0 Å². The summed E-state index contributed by atoms with van der Waals surface area (Å²) in [6, 6.07) is 0. The fourth-order valence-corrected chi connectivity index (χ4v) is 0. The molecule has 0 fully saturated rings. The second kappa shape index (κ2) is 9.17. The first-order chi connectivity index (χ1) is 1.41. The normalized spacial score (nSPS) is 3.00. The number of hydrogen-bond donors (Lipinski definition) is 1. The van der Waals surface area contributed by atoms with Crippen molar-refractivity contribution in [2.75, 3.05) is 0 Å². The van der Waals surface area contributed by atoms with Gasteiger partial charge in [0.05, 0.1) is 0 Å². The van der Waals surface area contributed by atoms with Crippen molar-refractivity contribution in [3.8, 4) is 0 Å². The molecule has 4 heavy (non-hydrogen) atoms. The molecule has 0 aliphatic heterocycles. The summed E-state index contributed by atoms with van der Waals surface area (Å²) in [6.45, 7) is -0.250. The van der Waals surface area contributed by atoms with Gasteiger partial charge in [-0.05, 0) is 0 Å². The quantitative estimate of drug-likeness (QED) is 0.533. The van der Waals surface area contributed by atoms with Crippen molar-refractivity contribution in [1.82, 2.24) is 0 Å². The van der Waals surface area contributed by atoms with Gasteiger partial charge < -0.3 is 5.11 Å². The summed E-state index contributed by atoms with van der Waals surface area (Å²) in [6.07, 6.45) is 0. The Morgan fingerprint density at radius 2 is 1.75 bits per heavy atom. The van der Waals surface area contributed by atoms with Crippen molar-refractivity contribution in [3.63, 3.8) is 0 Å². The van der Waals surface area contributed by atoms with Gasteiger partial charge >= 0.3 is 0 Å². The topological polar surface area (TPSA) is 37.3 Å². The molecule has 0 saturated carbocycles. The fraction of sp³-hybridized carbons (Fsp3) is 0. The Morgan fingerprint density at radius 1 is 1.75 bits per heavy atom. The van der Waals surface area contributed by atoms with Gasteiger partial charge in [0.2, 0.25) is 0 Å². The van der Waals surface area contributed by atoms with E-state index in [1.54, 1.807) is 0 Å². The summed E-state index contributed by atoms with van der Waals surface area (Å²) in [5.41, 5.74) is 0. The standard InChI is InChI=1S/CH2O2.Nd/c2-1-3;/h1H,(H,2,3);. The zero-order chi connectivity index (χ0) is 2.71. The van der Waals surface area contributed by atoms with Crippen LogP contribution in [0.3, 0.4) is 0 Å². The van der Waals surface area contributed by atoms with Crippen LogP contribution in [0.4, 0.5) is 0 Å². The molecule has 0 atom stereocenters. The van der Waals surface area contributed by atoms with Crippen molar-refractivity contribution >= 4 is 6.47 Å². The zero-order valence-corrected chi connectivity index (χ0v) is 5.14. The van der Waals surface area contributed by atoms with E-state index in [9.17, 15) is 0 Å². The summed E-state index contributed by atoms with van der Waals surface area (Å²) in [7, 11) is 0. The van der Waals surface area contributed by atoms with E-state index in [0.29, 0.717) is 0 Å². The van der Waals surface area contributed by atoms with Gasteiger partial charge in [-0.2, -0.15) is 0 Å². The van der Waals surface area contributed by atoms with Crippen molar-refractivity contribution in [3.05, 3.63) is 0 Å². The number of carboxylic acid groups (broad SMARTS) is 1. The van der Waals surface area contributed by atoms with Crippen LogP contribution in [0.15, 0.2) is 0 Å². The molecule has 0 amide bonds. The predicted octanol–water partition coefficient (Wildman–Crippen LogP) is -0.299. The minimum atomic E-state index is -0.250. The van der Waals surface area contributed by atoms with Crippen LogP contribution >= 0.6 is 0 Å². The van der Waals surface area contributed by atoms with Crippen molar-refractivity contribution in [1.29, 1.82) is 0 Å². The minimum absolute atomic E-state index is 0. The van der Waals surface area contributed by atoms with Crippen molar-refractivity contribution in [2.45, 2.75) is 0 Å². The minimum Gasteiger partial charge on any atom is -0.483 e. The molecule has 1 N–H and O–H groups in total. The van der Waals surface area contributed by atoms with E-state index in [-0.39, 0.29) is 47.3 Å². The summed E-state index contributed by atoms with van der Waals surface area (Å²) in [4.78, 5) is 8.36. The van der Waals surface area contributed by atoms with E-state index in [1.807, 2.05) is 0 Å². The van der Waals surface area contributed by atoms with E-state index in [2.05, 4.69) is 0 Å². The first kappa shape index (κ1) is 8.84. The van der Waals surface area contributed by atoms with Crippen LogP contribution in [0.5, 0.6) is 0 Å². The maximum Gasteiger partial charge on any atom is 0.290 e. The third kappa shape index (κ3) is 13.9. The first-order valence-electron chi connectivity index (χ1n) is 0.494. The van der Waals surface area contributed by atoms with E-state index in [1.165, 1.54) is 0 Å². The summed E-state index contributed by atoms with van der Waals surface area (Å²) in [5, 5.41) is 6.89. The monoisotopic (exact) mass is 188 g/mol. The number of rotatable bonds is 0. The summed E-state index contributed by atoms with van der Waals surface area (Å²) < 4.78 is 0. The van der Waals surface area contributed by atoms with Gasteiger partial charge in [0.1, 0.15) is 0 Å². The van der Waals surface area contributed by atoms with Crippen LogP contribution < -0.4 is 0 Å². The average Bonchev–Trinajstić information content (AvgIpc) is 0.918. The van der Waals surface area contributed by atoms with E-state index in [0.717, 1.165) is 0 Å². The Bertz CT molecular complexity index is 13.5. The predicted molar refractivity (Wildman–Crippen MR) is 8.69 cm³/mol. The first-order valence-corrected chi connectivity index (χ1v) is 0.494. The van der Waals surface area contributed by atoms with Gasteiger partial charge in [0.25, 0.3) is 6.47 Å². The molecule has 0 aliphatic rings. The van der Waals surface area contributed by atoms with Crippen LogP contribution in [-0.2, 0) is 4.79 Å². The SMILES string of the molecule is O=CO.[Nd]. The van der Waals surface area contributed by atoms with Crippen LogP contribution in [-0.4, -0.2) is 11.6 Å². The van der Waals surface area contributed by atoms with Crippen LogP contribution in [0, 0.1) is 40.8 Å². The molecule has 0 bridgehead atoms. The molecule has 0 saturated heterocycles. The number of carbonyl (C=O) groups is 1. The van der Waals surface area contributed by atoms with Gasteiger partial charge in [0.15, 0.2) is 0 Å². The molecule has 0 aromatic rings. The molecule has 2 nitrogen and oxygen atoms in total. The van der Waals surface area contributed by atoms with Gasteiger partial charge in [-0.3, -0.25) is 4.79 Å². The second-order valence-corrected chi connectivity index (χ2v) is 0.105. The van der Waals surface area contributed by atoms with Gasteiger partial charge in [0, 0.05) is 40.8 Å². The van der Waals surface area contributed by atoms with Crippen LogP contribution in [0.25, 0.3) is 0 Å². The Hall–Kier alpha value is 0.821. The van der Waals surface area contributed by atoms with Gasteiger partial charge in [-0.1, -0.05) is 0 Å². The van der Waals surface area contributed by atoms with E-state index in [4.69, 9.17) is 9.90 Å². The second-order valence-electron chi connectivity index (χ2n) is 0.105. The Balaban J connectivity index is 0. The summed E-state index contributed by atoms with van der Waals surface area (Å²) >= 11 is 0. The average molecular weight is 190 g/mol. The van der Waals surface area contributed by atoms with Gasteiger partial charge in [-0.15, -0.1) is 0 Å². The molecule has 22 valence electrons. The molecule has 0 rings (SSSR count). The molecule has 0 radical (unpaired) electrons. The third-order valence-electron chi connectivity index (χ3n) is 0. The van der Waals surface area contributed by atoms with Crippen LogP contribution in [0.1, 0.15) is 0 Å². The smallest absolute Gasteiger partial charge is 0.290 e. The molecular formula is CH2NdO2. The molecular weight excluding hydrogens is 188 g/mol. The molecule has 0 aromatic heterocycles. The molecule has 3 heteroatoms. The molecule has 0 aliphatic carbocycles. The Kier molecular flexibility index (Phi) is 20.3. The zero-order valence-electron chi connectivity index (χ0n) is 1.93. The molecule has 0 aromatic carbocycles. The molecule has 0 spiro atoms.